The summed E-state index contributed by atoms with van der Waals surface area (Å²) in [6.07, 6.45) is 0. The van der Waals surface area contributed by atoms with Crippen molar-refractivity contribution in [2.75, 3.05) is 18.5 Å². The summed E-state index contributed by atoms with van der Waals surface area (Å²) in [5.41, 5.74) is 2.97. The van der Waals surface area contributed by atoms with Crippen molar-refractivity contribution < 1.29 is 14.3 Å². The van der Waals surface area contributed by atoms with Gasteiger partial charge in [-0.05, 0) is 80.4 Å². The minimum atomic E-state index is -0.225. The quantitative estimate of drug-likeness (QED) is 0.592. The van der Waals surface area contributed by atoms with Crippen LogP contribution >= 0.6 is 15.9 Å². The number of anilines is 1. The first-order chi connectivity index (χ1) is 13.2. The predicted molar refractivity (Wildman–Crippen MR) is 117 cm³/mol. The minimum Gasteiger partial charge on any atom is -0.490 e. The van der Waals surface area contributed by atoms with Crippen LogP contribution in [0.2, 0.25) is 0 Å². The maximum absolute atomic E-state index is 12.2. The molecule has 0 aliphatic carbocycles. The zero-order valence-corrected chi connectivity index (χ0v) is 18.8. The highest BCUT2D eigenvalue weighted by molar-refractivity contribution is 9.10. The van der Waals surface area contributed by atoms with Crippen molar-refractivity contribution >= 4 is 27.5 Å². The van der Waals surface area contributed by atoms with E-state index in [1.54, 1.807) is 0 Å². The van der Waals surface area contributed by atoms with Gasteiger partial charge in [0.15, 0.2) is 18.1 Å². The molecule has 5 nitrogen and oxygen atoms in total. The Labute approximate surface area is 175 Å². The van der Waals surface area contributed by atoms with Crippen molar-refractivity contribution in [1.29, 1.82) is 0 Å². The monoisotopic (exact) mass is 448 g/mol. The van der Waals surface area contributed by atoms with Gasteiger partial charge in [0.25, 0.3) is 5.91 Å². The van der Waals surface area contributed by atoms with Crippen LogP contribution in [0.1, 0.15) is 38.8 Å². The first-order valence-corrected chi connectivity index (χ1v) is 10.2. The van der Waals surface area contributed by atoms with E-state index in [0.29, 0.717) is 24.7 Å². The van der Waals surface area contributed by atoms with Crippen molar-refractivity contribution in [1.82, 2.24) is 5.32 Å². The molecular formula is C22H29BrN2O3. The lowest BCUT2D eigenvalue weighted by molar-refractivity contribution is -0.118. The van der Waals surface area contributed by atoms with Gasteiger partial charge in [-0.15, -0.1) is 0 Å². The maximum atomic E-state index is 12.2. The molecule has 152 valence electrons. The number of amides is 1. The summed E-state index contributed by atoms with van der Waals surface area (Å²) in [6, 6.07) is 11.6. The van der Waals surface area contributed by atoms with Gasteiger partial charge < -0.3 is 20.1 Å². The summed E-state index contributed by atoms with van der Waals surface area (Å²) in [5.74, 6) is 0.919. The number of aryl methyl sites for hydroxylation is 1. The molecule has 0 spiro atoms. The van der Waals surface area contributed by atoms with E-state index in [0.717, 1.165) is 21.3 Å². The second kappa shape index (κ2) is 9.94. The summed E-state index contributed by atoms with van der Waals surface area (Å²) in [6.45, 7) is 11.4. The third-order valence-electron chi connectivity index (χ3n) is 3.87. The van der Waals surface area contributed by atoms with E-state index in [2.05, 4.69) is 47.3 Å². The number of carbonyl (C=O) groups is 1. The molecule has 0 aliphatic heterocycles. The topological polar surface area (TPSA) is 59.6 Å². The number of nitrogens with one attached hydrogen (secondary N) is 2. The van der Waals surface area contributed by atoms with E-state index in [1.165, 1.54) is 0 Å². The molecule has 28 heavy (non-hydrogen) atoms. The highest BCUT2D eigenvalue weighted by atomic mass is 79.9. The molecule has 0 saturated heterocycles. The summed E-state index contributed by atoms with van der Waals surface area (Å²) in [7, 11) is 0. The lowest BCUT2D eigenvalue weighted by atomic mass is 10.1. The fourth-order valence-electron chi connectivity index (χ4n) is 2.47. The van der Waals surface area contributed by atoms with Gasteiger partial charge >= 0.3 is 0 Å². The molecule has 0 aromatic heterocycles. The molecule has 0 bridgehead atoms. The average Bonchev–Trinajstić information content (AvgIpc) is 2.61. The van der Waals surface area contributed by atoms with Gasteiger partial charge in [0.1, 0.15) is 0 Å². The molecule has 0 unspecified atom stereocenters. The van der Waals surface area contributed by atoms with Crippen LogP contribution in [0.25, 0.3) is 0 Å². The van der Waals surface area contributed by atoms with Crippen molar-refractivity contribution in [3.63, 3.8) is 0 Å². The summed E-state index contributed by atoms with van der Waals surface area (Å²) in [5, 5.41) is 6.28. The summed E-state index contributed by atoms with van der Waals surface area (Å²) in [4.78, 5) is 12.2. The second-order valence-electron chi connectivity index (χ2n) is 7.64. The minimum absolute atomic E-state index is 0.0154. The van der Waals surface area contributed by atoms with E-state index < -0.39 is 0 Å². The Kier molecular flexibility index (Phi) is 7.89. The molecule has 0 atom stereocenters. The Hall–Kier alpha value is -2.05. The van der Waals surface area contributed by atoms with Gasteiger partial charge in [-0.25, -0.2) is 0 Å². The Bertz CT molecular complexity index is 799. The number of benzene rings is 2. The molecule has 0 fully saturated rings. The maximum Gasteiger partial charge on any atom is 0.262 e. The van der Waals surface area contributed by atoms with Gasteiger partial charge in [-0.3, -0.25) is 4.79 Å². The fraction of sp³-hybridized carbons (Fsp3) is 0.409. The third kappa shape index (κ3) is 7.17. The normalized spacial score (nSPS) is 11.2. The van der Waals surface area contributed by atoms with Crippen molar-refractivity contribution in [3.05, 3.63) is 52.0 Å². The fourth-order valence-corrected chi connectivity index (χ4v) is 3.07. The van der Waals surface area contributed by atoms with Crippen LogP contribution < -0.4 is 20.1 Å². The Balaban J connectivity index is 2.06. The Morgan fingerprint density at radius 3 is 2.39 bits per heavy atom. The first-order valence-electron chi connectivity index (χ1n) is 9.37. The van der Waals surface area contributed by atoms with E-state index >= 15 is 0 Å². The molecule has 2 rings (SSSR count). The number of rotatable bonds is 8. The van der Waals surface area contributed by atoms with Crippen LogP contribution in [-0.2, 0) is 11.3 Å². The summed E-state index contributed by atoms with van der Waals surface area (Å²) < 4.78 is 12.3. The van der Waals surface area contributed by atoms with E-state index in [9.17, 15) is 4.79 Å². The highest BCUT2D eigenvalue weighted by Gasteiger charge is 2.16. The van der Waals surface area contributed by atoms with Crippen LogP contribution in [0, 0.1) is 6.92 Å². The number of hydrogen-bond acceptors (Lipinski definition) is 4. The molecule has 0 radical (unpaired) electrons. The Morgan fingerprint density at radius 1 is 1.11 bits per heavy atom. The number of halogens is 1. The van der Waals surface area contributed by atoms with Gasteiger partial charge in [-0.2, -0.15) is 0 Å². The highest BCUT2D eigenvalue weighted by Crippen LogP contribution is 2.37. The predicted octanol–water partition coefficient (Wildman–Crippen LogP) is 5.06. The molecule has 0 saturated carbocycles. The van der Waals surface area contributed by atoms with Crippen LogP contribution in [0.4, 0.5) is 5.69 Å². The summed E-state index contributed by atoms with van der Waals surface area (Å²) >= 11 is 3.55. The molecule has 0 heterocycles. The number of ether oxygens (including phenoxy) is 2. The zero-order valence-electron chi connectivity index (χ0n) is 17.2. The molecule has 6 heteroatoms. The Morgan fingerprint density at radius 2 is 1.79 bits per heavy atom. The second-order valence-corrected chi connectivity index (χ2v) is 8.50. The van der Waals surface area contributed by atoms with E-state index in [1.807, 2.05) is 50.2 Å². The van der Waals surface area contributed by atoms with Crippen LogP contribution in [-0.4, -0.2) is 24.7 Å². The van der Waals surface area contributed by atoms with Crippen molar-refractivity contribution in [2.45, 2.75) is 46.7 Å². The lowest BCUT2D eigenvalue weighted by Gasteiger charge is -2.21. The van der Waals surface area contributed by atoms with Crippen LogP contribution in [0.15, 0.2) is 40.9 Å². The number of carbonyl (C=O) groups excluding carboxylic acids is 1. The molecule has 1 amide bonds. The van der Waals surface area contributed by atoms with Gasteiger partial charge in [-0.1, -0.05) is 17.7 Å². The third-order valence-corrected chi connectivity index (χ3v) is 4.46. The molecule has 0 aliphatic rings. The van der Waals surface area contributed by atoms with Crippen LogP contribution in [0.3, 0.4) is 0 Å². The van der Waals surface area contributed by atoms with Gasteiger partial charge in [0, 0.05) is 17.8 Å². The SMILES string of the molecule is CCOc1cc(CNC(C)(C)C)cc(Br)c1OCC(=O)Nc1ccc(C)cc1. The zero-order chi connectivity index (χ0) is 20.7. The number of hydrogen-bond donors (Lipinski definition) is 2. The molecular weight excluding hydrogens is 420 g/mol. The van der Waals surface area contributed by atoms with Gasteiger partial charge in [0.05, 0.1) is 11.1 Å². The van der Waals surface area contributed by atoms with E-state index in [4.69, 9.17) is 9.47 Å². The first kappa shape index (κ1) is 22.2. The average molecular weight is 449 g/mol. The van der Waals surface area contributed by atoms with E-state index in [-0.39, 0.29) is 18.1 Å². The standard InChI is InChI=1S/C22H29BrN2O3/c1-6-27-19-12-16(13-24-22(3,4)5)11-18(23)21(19)28-14-20(26)25-17-9-7-15(2)8-10-17/h7-12,24H,6,13-14H2,1-5H3,(H,25,26). The largest absolute Gasteiger partial charge is 0.490 e. The van der Waals surface area contributed by atoms with Crippen molar-refractivity contribution in [2.24, 2.45) is 0 Å². The van der Waals surface area contributed by atoms with Gasteiger partial charge in [0.2, 0.25) is 0 Å². The molecule has 2 N–H and O–H groups in total. The molecule has 2 aromatic rings. The smallest absolute Gasteiger partial charge is 0.262 e. The molecule has 2 aromatic carbocycles. The van der Waals surface area contributed by atoms with Crippen LogP contribution in [0.5, 0.6) is 11.5 Å². The lowest BCUT2D eigenvalue weighted by Crippen LogP contribution is -2.35. The van der Waals surface area contributed by atoms with Crippen molar-refractivity contribution in [3.8, 4) is 11.5 Å².